The van der Waals surface area contributed by atoms with Crippen molar-refractivity contribution in [2.24, 2.45) is 0 Å². The van der Waals surface area contributed by atoms with Crippen LogP contribution in [0.3, 0.4) is 0 Å². The number of ether oxygens (including phenoxy) is 2. The van der Waals surface area contributed by atoms with Gasteiger partial charge >= 0.3 is 7.12 Å². The standard InChI is InChI=1S/C25H28BIO7S/c1-16(10-17-11-20(27)25(28)22(12-17)32-2)8-9-21-24-18(14-33-19-6-4-3-5-7-19)15-35(30,31)23(24)13-26(29)34-21/h3-7,10-12,21,23,28-29H,8-9,13-15H2,1-2H3/b16-10+/t21-,23+/m1/s1. The Bertz CT molecular complexity index is 1240. The molecule has 0 aliphatic carbocycles. The summed E-state index contributed by atoms with van der Waals surface area (Å²) in [5, 5.41) is 19.6. The van der Waals surface area contributed by atoms with E-state index in [2.05, 4.69) is 22.6 Å². The fourth-order valence-corrected chi connectivity index (χ4v) is 7.37. The zero-order valence-corrected chi connectivity index (χ0v) is 22.6. The quantitative estimate of drug-likeness (QED) is 0.262. The van der Waals surface area contributed by atoms with Crippen molar-refractivity contribution in [3.63, 3.8) is 0 Å². The first-order valence-corrected chi connectivity index (χ1v) is 14.2. The number of halogens is 1. The van der Waals surface area contributed by atoms with Gasteiger partial charge in [0.05, 0.1) is 27.8 Å². The number of sulfone groups is 1. The molecule has 35 heavy (non-hydrogen) atoms. The molecule has 1 fully saturated rings. The number of hydrogen-bond donors (Lipinski definition) is 2. The number of allylic oxidation sites excluding steroid dienone is 1. The zero-order valence-electron chi connectivity index (χ0n) is 19.6. The van der Waals surface area contributed by atoms with Crippen molar-refractivity contribution in [2.45, 2.75) is 37.4 Å². The van der Waals surface area contributed by atoms with E-state index in [1.165, 1.54) is 7.11 Å². The second kappa shape index (κ2) is 10.9. The molecule has 0 amide bonds. The number of phenolic OH excluding ortho intramolecular Hbond substituents is 1. The largest absolute Gasteiger partial charge is 0.504 e. The molecule has 1 saturated heterocycles. The van der Waals surface area contributed by atoms with Crippen LogP contribution in [0.15, 0.2) is 59.2 Å². The molecule has 7 nitrogen and oxygen atoms in total. The van der Waals surface area contributed by atoms with Gasteiger partial charge in [-0.3, -0.25) is 0 Å². The van der Waals surface area contributed by atoms with Crippen LogP contribution in [0.2, 0.25) is 6.32 Å². The summed E-state index contributed by atoms with van der Waals surface area (Å²) in [6.07, 6.45) is 2.71. The number of benzene rings is 2. The normalized spacial score (nSPS) is 21.7. The summed E-state index contributed by atoms with van der Waals surface area (Å²) >= 11 is 2.06. The van der Waals surface area contributed by atoms with Crippen LogP contribution in [0.4, 0.5) is 0 Å². The van der Waals surface area contributed by atoms with E-state index in [0.29, 0.717) is 27.9 Å². The fourth-order valence-electron chi connectivity index (χ4n) is 4.64. The van der Waals surface area contributed by atoms with Gasteiger partial charge in [0.1, 0.15) is 12.4 Å². The molecule has 0 bridgehead atoms. The van der Waals surface area contributed by atoms with Crippen LogP contribution in [-0.4, -0.2) is 56.5 Å². The van der Waals surface area contributed by atoms with Gasteiger partial charge < -0.3 is 24.3 Å². The highest BCUT2D eigenvalue weighted by molar-refractivity contribution is 14.1. The lowest BCUT2D eigenvalue weighted by Crippen LogP contribution is -2.42. The average molecular weight is 610 g/mol. The fraction of sp³-hybridized carbons (Fsp3) is 0.360. The van der Waals surface area contributed by atoms with Crippen molar-refractivity contribution in [3.05, 3.63) is 68.3 Å². The molecule has 2 aromatic rings. The van der Waals surface area contributed by atoms with E-state index < -0.39 is 28.3 Å². The second-order valence-corrected chi connectivity index (χ2v) is 12.2. The third-order valence-electron chi connectivity index (χ3n) is 6.29. The highest BCUT2D eigenvalue weighted by atomic mass is 127. The Kier molecular flexibility index (Phi) is 8.14. The van der Waals surface area contributed by atoms with E-state index in [0.717, 1.165) is 22.3 Å². The first kappa shape index (κ1) is 26.1. The molecular formula is C25H28BIO7S. The van der Waals surface area contributed by atoms with Crippen molar-refractivity contribution >= 4 is 45.6 Å². The molecule has 10 heteroatoms. The molecule has 186 valence electrons. The van der Waals surface area contributed by atoms with E-state index in [-0.39, 0.29) is 24.4 Å². The molecule has 2 aromatic carbocycles. The van der Waals surface area contributed by atoms with Gasteiger partial charge in [-0.1, -0.05) is 29.8 Å². The Labute approximate surface area is 220 Å². The number of hydrogen-bond acceptors (Lipinski definition) is 7. The van der Waals surface area contributed by atoms with Crippen molar-refractivity contribution < 1.29 is 32.7 Å². The SMILES string of the molecule is COc1cc(/C=C(\C)CC[C@H]2OB(O)C[C@H]3C2=C(COc2ccccc2)CS3(=O)=O)cc(I)c1O. The monoisotopic (exact) mass is 610 g/mol. The molecule has 4 rings (SSSR count). The van der Waals surface area contributed by atoms with E-state index in [9.17, 15) is 18.5 Å². The van der Waals surface area contributed by atoms with E-state index >= 15 is 0 Å². The van der Waals surface area contributed by atoms with Gasteiger partial charge in [0, 0.05) is 6.32 Å². The maximum Gasteiger partial charge on any atom is 0.456 e. The Morgan fingerprint density at radius 1 is 1.29 bits per heavy atom. The van der Waals surface area contributed by atoms with E-state index in [1.54, 1.807) is 6.07 Å². The maximum absolute atomic E-state index is 12.9. The van der Waals surface area contributed by atoms with Crippen molar-refractivity contribution in [1.82, 2.24) is 0 Å². The van der Waals surface area contributed by atoms with Crippen molar-refractivity contribution in [2.75, 3.05) is 19.5 Å². The molecule has 2 N–H and O–H groups in total. The Balaban J connectivity index is 1.53. The minimum absolute atomic E-state index is 0.0452. The van der Waals surface area contributed by atoms with Crippen LogP contribution in [0.5, 0.6) is 17.2 Å². The predicted molar refractivity (Wildman–Crippen MR) is 144 cm³/mol. The van der Waals surface area contributed by atoms with Crippen LogP contribution in [0.1, 0.15) is 25.3 Å². The first-order valence-electron chi connectivity index (χ1n) is 11.4. The highest BCUT2D eigenvalue weighted by Gasteiger charge is 2.48. The molecule has 0 unspecified atom stereocenters. The van der Waals surface area contributed by atoms with Gasteiger partial charge in [-0.15, -0.1) is 0 Å². The Morgan fingerprint density at radius 3 is 2.74 bits per heavy atom. The van der Waals surface area contributed by atoms with Gasteiger partial charge in [-0.25, -0.2) is 8.42 Å². The van der Waals surface area contributed by atoms with Crippen LogP contribution in [0.25, 0.3) is 6.08 Å². The number of aromatic hydroxyl groups is 1. The minimum atomic E-state index is -3.42. The molecule has 0 aromatic heterocycles. The highest BCUT2D eigenvalue weighted by Crippen LogP contribution is 2.40. The summed E-state index contributed by atoms with van der Waals surface area (Å²) in [6, 6.07) is 12.9. The molecule has 2 heterocycles. The van der Waals surface area contributed by atoms with Crippen molar-refractivity contribution in [3.8, 4) is 17.2 Å². The lowest BCUT2D eigenvalue weighted by Gasteiger charge is -2.32. The number of fused-ring (bicyclic) bond motifs is 1. The summed E-state index contributed by atoms with van der Waals surface area (Å²) < 4.78 is 43.4. The van der Waals surface area contributed by atoms with Gasteiger partial charge in [0.2, 0.25) is 0 Å². The molecule has 0 spiro atoms. The lowest BCUT2D eigenvalue weighted by atomic mass is 9.74. The third-order valence-corrected chi connectivity index (χ3v) is 9.18. The second-order valence-electron chi connectivity index (χ2n) is 8.85. The minimum Gasteiger partial charge on any atom is -0.504 e. The number of methoxy groups -OCH3 is 1. The smallest absolute Gasteiger partial charge is 0.456 e. The van der Waals surface area contributed by atoms with Gasteiger partial charge in [-0.05, 0) is 83.3 Å². The van der Waals surface area contributed by atoms with Crippen LogP contribution >= 0.6 is 22.6 Å². The Hall–Kier alpha value is -2.02. The van der Waals surface area contributed by atoms with Gasteiger partial charge in [0.15, 0.2) is 21.3 Å². The van der Waals surface area contributed by atoms with Crippen LogP contribution in [0, 0.1) is 3.57 Å². The lowest BCUT2D eigenvalue weighted by molar-refractivity contribution is 0.168. The summed E-state index contributed by atoms with van der Waals surface area (Å²) in [7, 11) is -3.03. The van der Waals surface area contributed by atoms with Gasteiger partial charge in [0.25, 0.3) is 0 Å². The first-order chi connectivity index (χ1) is 16.7. The molecule has 0 saturated carbocycles. The summed E-state index contributed by atoms with van der Waals surface area (Å²) in [6.45, 7) is 2.16. The zero-order chi connectivity index (χ0) is 25.2. The van der Waals surface area contributed by atoms with E-state index in [1.807, 2.05) is 49.4 Å². The topological polar surface area (TPSA) is 102 Å². The van der Waals surface area contributed by atoms with Crippen LogP contribution < -0.4 is 9.47 Å². The van der Waals surface area contributed by atoms with Gasteiger partial charge in [-0.2, -0.15) is 0 Å². The molecule has 2 aliphatic heterocycles. The summed E-state index contributed by atoms with van der Waals surface area (Å²) in [5.41, 5.74) is 3.40. The van der Waals surface area contributed by atoms with Crippen molar-refractivity contribution in [1.29, 1.82) is 0 Å². The average Bonchev–Trinajstić information content (AvgIpc) is 3.08. The third kappa shape index (κ3) is 6.04. The number of para-hydroxylation sites is 1. The predicted octanol–water partition coefficient (Wildman–Crippen LogP) is 4.24. The molecular weight excluding hydrogens is 582 g/mol. The number of rotatable bonds is 8. The number of phenols is 1. The maximum atomic E-state index is 12.9. The molecule has 2 atom stereocenters. The van der Waals surface area contributed by atoms with E-state index in [4.69, 9.17) is 14.1 Å². The Morgan fingerprint density at radius 2 is 2.03 bits per heavy atom. The molecule has 2 aliphatic rings. The van der Waals surface area contributed by atoms with Crippen LogP contribution in [-0.2, 0) is 14.5 Å². The summed E-state index contributed by atoms with van der Waals surface area (Å²) in [4.78, 5) is 0. The summed E-state index contributed by atoms with van der Waals surface area (Å²) in [5.74, 6) is 1.11. The molecule has 0 radical (unpaired) electrons.